The number of nitriles is 1. The molecule has 0 atom stereocenters. The van der Waals surface area contributed by atoms with Crippen LogP contribution in [0.1, 0.15) is 57.4 Å². The molecular weight excluding hydrogens is 248 g/mol. The van der Waals surface area contributed by atoms with Gasteiger partial charge in [-0.2, -0.15) is 10.4 Å². The van der Waals surface area contributed by atoms with E-state index in [1.165, 1.54) is 6.42 Å². The van der Waals surface area contributed by atoms with Gasteiger partial charge in [0.2, 0.25) is 0 Å². The highest BCUT2D eigenvalue weighted by atomic mass is 15.3. The summed E-state index contributed by atoms with van der Waals surface area (Å²) < 4.78 is 0. The van der Waals surface area contributed by atoms with Crippen molar-refractivity contribution in [2.24, 2.45) is 5.41 Å². The molecule has 0 aliphatic carbocycles. The van der Waals surface area contributed by atoms with Gasteiger partial charge in [0.25, 0.3) is 0 Å². The van der Waals surface area contributed by atoms with E-state index in [2.05, 4.69) is 48.9 Å². The van der Waals surface area contributed by atoms with E-state index in [-0.39, 0.29) is 5.41 Å². The number of hydrogen-bond donors (Lipinski definition) is 0. The minimum Gasteiger partial charge on any atom is -0.353 e. The Bertz CT molecular complexity index is 528. The summed E-state index contributed by atoms with van der Waals surface area (Å²) in [4.78, 5) is 2.24. The predicted molar refractivity (Wildman–Crippen MR) is 80.7 cm³/mol. The van der Waals surface area contributed by atoms with Crippen LogP contribution in [0, 0.1) is 16.7 Å². The van der Waals surface area contributed by atoms with Crippen LogP contribution in [0.5, 0.6) is 0 Å². The molecule has 0 spiro atoms. The van der Waals surface area contributed by atoms with Crippen molar-refractivity contribution < 1.29 is 0 Å². The maximum atomic E-state index is 9.57. The van der Waals surface area contributed by atoms with E-state index in [0.717, 1.165) is 55.0 Å². The Morgan fingerprint density at radius 2 is 2.00 bits per heavy atom. The molecule has 0 bridgehead atoms. The number of rotatable bonds is 3. The molecule has 2 heterocycles. The quantitative estimate of drug-likeness (QED) is 0.848. The molecule has 1 aliphatic rings. The number of piperidine rings is 1. The molecule has 0 amide bonds. The van der Waals surface area contributed by atoms with Crippen LogP contribution in [0.4, 0.5) is 5.82 Å². The summed E-state index contributed by atoms with van der Waals surface area (Å²) in [5, 5.41) is 18.3. The van der Waals surface area contributed by atoms with Gasteiger partial charge in [0, 0.05) is 13.1 Å². The lowest BCUT2D eigenvalue weighted by molar-refractivity contribution is 0.291. The lowest BCUT2D eigenvalue weighted by Gasteiger charge is -2.39. The zero-order valence-electron chi connectivity index (χ0n) is 13.0. The summed E-state index contributed by atoms with van der Waals surface area (Å²) >= 11 is 0. The third kappa shape index (κ3) is 2.77. The minimum atomic E-state index is 0.280. The Kier molecular flexibility index (Phi) is 4.27. The van der Waals surface area contributed by atoms with E-state index >= 15 is 0 Å². The van der Waals surface area contributed by atoms with Crippen molar-refractivity contribution in [3.63, 3.8) is 0 Å². The molecule has 1 aromatic rings. The van der Waals surface area contributed by atoms with Crippen LogP contribution in [0.15, 0.2) is 0 Å². The predicted octanol–water partition coefficient (Wildman–Crippen LogP) is 3.10. The van der Waals surface area contributed by atoms with E-state index in [1.807, 2.05) is 0 Å². The summed E-state index contributed by atoms with van der Waals surface area (Å²) in [6.45, 7) is 10.6. The molecule has 2 rings (SSSR count). The van der Waals surface area contributed by atoms with E-state index in [1.54, 1.807) is 0 Å². The average Bonchev–Trinajstić information content (AvgIpc) is 2.44. The van der Waals surface area contributed by atoms with Gasteiger partial charge in [0.1, 0.15) is 11.6 Å². The second kappa shape index (κ2) is 5.78. The van der Waals surface area contributed by atoms with Gasteiger partial charge in [-0.25, -0.2) is 0 Å². The van der Waals surface area contributed by atoms with Gasteiger partial charge in [0.05, 0.1) is 5.69 Å². The van der Waals surface area contributed by atoms with Crippen molar-refractivity contribution in [2.45, 2.75) is 53.4 Å². The van der Waals surface area contributed by atoms with Crippen molar-refractivity contribution in [1.29, 1.82) is 5.26 Å². The van der Waals surface area contributed by atoms with Crippen molar-refractivity contribution >= 4 is 5.82 Å². The van der Waals surface area contributed by atoms with E-state index in [9.17, 15) is 5.26 Å². The van der Waals surface area contributed by atoms with Gasteiger partial charge in [-0.3, -0.25) is 0 Å². The Morgan fingerprint density at radius 3 is 2.55 bits per heavy atom. The number of anilines is 1. The van der Waals surface area contributed by atoms with Crippen LogP contribution < -0.4 is 4.90 Å². The topological polar surface area (TPSA) is 52.8 Å². The maximum Gasteiger partial charge on any atom is 0.169 e. The van der Waals surface area contributed by atoms with Gasteiger partial charge in [-0.05, 0) is 36.7 Å². The number of aryl methyl sites for hydroxylation is 1. The van der Waals surface area contributed by atoms with Crippen molar-refractivity contribution in [2.75, 3.05) is 18.0 Å². The summed E-state index contributed by atoms with van der Waals surface area (Å²) in [5.74, 6) is 0.786. The standard InChI is InChI=1S/C16H24N4/c1-5-12-13(10-17)15(19-18-14(12)6-2)20-9-7-8-16(3,4)11-20/h5-9,11H2,1-4H3. The van der Waals surface area contributed by atoms with Gasteiger partial charge in [-0.1, -0.05) is 27.7 Å². The van der Waals surface area contributed by atoms with Crippen LogP contribution in [0.2, 0.25) is 0 Å². The smallest absolute Gasteiger partial charge is 0.169 e. The zero-order chi connectivity index (χ0) is 14.8. The molecule has 1 fully saturated rings. The van der Waals surface area contributed by atoms with Gasteiger partial charge < -0.3 is 4.90 Å². The normalized spacial score (nSPS) is 17.9. The summed E-state index contributed by atoms with van der Waals surface area (Å²) in [7, 11) is 0. The third-order valence-corrected chi connectivity index (χ3v) is 4.14. The molecule has 0 radical (unpaired) electrons. The number of nitrogens with zero attached hydrogens (tertiary/aromatic N) is 4. The maximum absolute atomic E-state index is 9.57. The molecule has 20 heavy (non-hydrogen) atoms. The highest BCUT2D eigenvalue weighted by Crippen LogP contribution is 2.33. The van der Waals surface area contributed by atoms with Crippen molar-refractivity contribution in [3.05, 3.63) is 16.8 Å². The summed E-state index contributed by atoms with van der Waals surface area (Å²) in [5.41, 5.74) is 3.05. The van der Waals surface area contributed by atoms with Crippen LogP contribution >= 0.6 is 0 Å². The summed E-state index contributed by atoms with van der Waals surface area (Å²) in [6, 6.07) is 2.37. The molecule has 1 aliphatic heterocycles. The molecule has 1 saturated heterocycles. The minimum absolute atomic E-state index is 0.280. The molecule has 1 aromatic heterocycles. The van der Waals surface area contributed by atoms with E-state index in [4.69, 9.17) is 0 Å². The van der Waals surface area contributed by atoms with Crippen LogP contribution in [-0.4, -0.2) is 23.3 Å². The van der Waals surface area contributed by atoms with Gasteiger partial charge >= 0.3 is 0 Å². The summed E-state index contributed by atoms with van der Waals surface area (Å²) in [6.07, 6.45) is 4.05. The highest BCUT2D eigenvalue weighted by molar-refractivity contribution is 5.58. The Balaban J connectivity index is 2.44. The number of aromatic nitrogens is 2. The molecular formula is C16H24N4. The third-order valence-electron chi connectivity index (χ3n) is 4.14. The first-order valence-corrected chi connectivity index (χ1v) is 7.56. The molecule has 0 saturated carbocycles. The van der Waals surface area contributed by atoms with Crippen molar-refractivity contribution in [3.8, 4) is 6.07 Å². The fourth-order valence-corrected chi connectivity index (χ4v) is 3.11. The van der Waals surface area contributed by atoms with E-state index in [0.29, 0.717) is 0 Å². The lowest BCUT2D eigenvalue weighted by Crippen LogP contribution is -2.41. The SMILES string of the molecule is CCc1nnc(N2CCCC(C)(C)C2)c(C#N)c1CC. The fourth-order valence-electron chi connectivity index (χ4n) is 3.11. The van der Waals surface area contributed by atoms with Crippen molar-refractivity contribution in [1.82, 2.24) is 10.2 Å². The Morgan fingerprint density at radius 1 is 1.25 bits per heavy atom. The molecule has 4 heteroatoms. The molecule has 0 unspecified atom stereocenters. The van der Waals surface area contributed by atoms with Crippen LogP contribution in [-0.2, 0) is 12.8 Å². The highest BCUT2D eigenvalue weighted by Gasteiger charge is 2.29. The Labute approximate surface area is 121 Å². The first-order chi connectivity index (χ1) is 9.52. The van der Waals surface area contributed by atoms with E-state index < -0.39 is 0 Å². The lowest BCUT2D eigenvalue weighted by atomic mass is 9.84. The second-order valence-corrected chi connectivity index (χ2v) is 6.33. The average molecular weight is 272 g/mol. The molecule has 108 valence electrons. The van der Waals surface area contributed by atoms with Gasteiger partial charge in [0.15, 0.2) is 5.82 Å². The molecule has 4 nitrogen and oxygen atoms in total. The van der Waals surface area contributed by atoms with Gasteiger partial charge in [-0.15, -0.1) is 5.10 Å². The zero-order valence-corrected chi connectivity index (χ0v) is 13.0. The molecule has 0 N–H and O–H groups in total. The van der Waals surface area contributed by atoms with Crippen LogP contribution in [0.3, 0.4) is 0 Å². The second-order valence-electron chi connectivity index (χ2n) is 6.33. The van der Waals surface area contributed by atoms with Crippen LogP contribution in [0.25, 0.3) is 0 Å². The monoisotopic (exact) mass is 272 g/mol. The largest absolute Gasteiger partial charge is 0.353 e. The Hall–Kier alpha value is -1.63. The fraction of sp³-hybridized carbons (Fsp3) is 0.688. The first kappa shape index (κ1) is 14.8. The number of hydrogen-bond acceptors (Lipinski definition) is 4. The first-order valence-electron chi connectivity index (χ1n) is 7.56. The molecule has 0 aromatic carbocycles.